The monoisotopic (exact) mass is 380 g/mol. The molecule has 4 N–H and O–H groups in total. The van der Waals surface area contributed by atoms with E-state index in [0.717, 1.165) is 0 Å². The van der Waals surface area contributed by atoms with Gasteiger partial charge in [-0.1, -0.05) is 33.1 Å². The predicted molar refractivity (Wildman–Crippen MR) is 100 cm³/mol. The van der Waals surface area contributed by atoms with Crippen LogP contribution in [0.2, 0.25) is 0 Å². The Morgan fingerprint density at radius 3 is 1.85 bits per heavy atom. The van der Waals surface area contributed by atoms with E-state index >= 15 is 0 Å². The number of nitrogens with one attached hydrogen (secondary N) is 2. The standard InChI is InChI=1S/C19H32N4O4/c1-18(2,16(26)22-13-20)11-9-14(24)7-6-8-15(25)10-12-19(3,4)17(27)23-21-5/h14-15,24-25H,6-12H2,1-4H3,(H,22,26)(H,23,27). The smallest absolute Gasteiger partial charge is 0.293 e. The maximum atomic E-state index is 11.7. The Bertz CT molecular complexity index is 525. The van der Waals surface area contributed by atoms with E-state index in [1.165, 1.54) is 0 Å². The topological polar surface area (TPSA) is 127 Å². The van der Waals surface area contributed by atoms with Crippen molar-refractivity contribution in [1.82, 2.24) is 10.7 Å². The first kappa shape index (κ1) is 24.8. The summed E-state index contributed by atoms with van der Waals surface area (Å²) < 4.78 is 0. The summed E-state index contributed by atoms with van der Waals surface area (Å²) in [6.07, 6.45) is 3.90. The van der Waals surface area contributed by atoms with E-state index in [1.807, 2.05) is 0 Å². The van der Waals surface area contributed by atoms with E-state index < -0.39 is 23.0 Å². The van der Waals surface area contributed by atoms with Crippen LogP contribution < -0.4 is 10.7 Å². The number of carbonyl (C=O) groups is 2. The zero-order valence-electron chi connectivity index (χ0n) is 16.7. The van der Waals surface area contributed by atoms with Crippen molar-refractivity contribution in [3.8, 4) is 6.19 Å². The van der Waals surface area contributed by atoms with Crippen molar-refractivity contribution >= 4 is 11.8 Å². The highest BCUT2D eigenvalue weighted by Crippen LogP contribution is 2.26. The van der Waals surface area contributed by atoms with Gasteiger partial charge in [-0.15, -0.1) is 0 Å². The Kier molecular flexibility index (Phi) is 10.6. The van der Waals surface area contributed by atoms with Crippen LogP contribution in [-0.2, 0) is 9.59 Å². The summed E-state index contributed by atoms with van der Waals surface area (Å²) in [7, 11) is 0. The molecule has 2 unspecified atom stereocenters. The summed E-state index contributed by atoms with van der Waals surface area (Å²) in [6.45, 7) is 13.6. The summed E-state index contributed by atoms with van der Waals surface area (Å²) >= 11 is 0. The minimum absolute atomic E-state index is 0.358. The Morgan fingerprint density at radius 1 is 1.00 bits per heavy atom. The lowest BCUT2D eigenvalue weighted by Gasteiger charge is -2.23. The van der Waals surface area contributed by atoms with Gasteiger partial charge in [0, 0.05) is 5.41 Å². The van der Waals surface area contributed by atoms with Crippen LogP contribution in [0.5, 0.6) is 0 Å². The molecule has 8 nitrogen and oxygen atoms in total. The molecule has 0 bridgehead atoms. The van der Waals surface area contributed by atoms with Crippen molar-refractivity contribution in [1.29, 1.82) is 5.26 Å². The molecule has 0 radical (unpaired) electrons. The van der Waals surface area contributed by atoms with Gasteiger partial charge in [0.1, 0.15) is 0 Å². The fraction of sp³-hybridized carbons (Fsp3) is 0.789. The van der Waals surface area contributed by atoms with Crippen LogP contribution in [0, 0.1) is 28.9 Å². The molecule has 0 aromatic rings. The summed E-state index contributed by atoms with van der Waals surface area (Å²) in [4.78, 5) is 26.3. The number of rotatable bonds is 12. The molecule has 152 valence electrons. The molecule has 0 spiro atoms. The third-order valence-electron chi connectivity index (χ3n) is 4.84. The quantitative estimate of drug-likeness (QED) is 0.178. The van der Waals surface area contributed by atoms with Crippen LogP contribution in [0.1, 0.15) is 72.6 Å². The van der Waals surface area contributed by atoms with Gasteiger partial charge in [0.2, 0.25) is 5.91 Å². The number of nitrogens with zero attached hydrogens (tertiary/aromatic N) is 2. The van der Waals surface area contributed by atoms with Gasteiger partial charge < -0.3 is 10.2 Å². The second-order valence-corrected chi connectivity index (χ2v) is 8.20. The Morgan fingerprint density at radius 2 is 1.44 bits per heavy atom. The fourth-order valence-electron chi connectivity index (χ4n) is 2.58. The van der Waals surface area contributed by atoms with E-state index in [9.17, 15) is 19.8 Å². The average Bonchev–Trinajstić information content (AvgIpc) is 2.59. The maximum Gasteiger partial charge on any atom is 0.293 e. The zero-order valence-corrected chi connectivity index (χ0v) is 16.7. The highest BCUT2D eigenvalue weighted by Gasteiger charge is 2.30. The summed E-state index contributed by atoms with van der Waals surface area (Å²) in [5.41, 5.74) is 0.651. The molecule has 27 heavy (non-hydrogen) atoms. The number of hydrogen-bond acceptors (Lipinski definition) is 5. The van der Waals surface area contributed by atoms with E-state index in [4.69, 9.17) is 11.8 Å². The molecule has 0 saturated heterocycles. The van der Waals surface area contributed by atoms with E-state index in [1.54, 1.807) is 33.9 Å². The Balaban J connectivity index is 4.12. The molecule has 0 aliphatic heterocycles. The molecular formula is C19H32N4O4. The van der Waals surface area contributed by atoms with Crippen molar-refractivity contribution in [2.75, 3.05) is 0 Å². The van der Waals surface area contributed by atoms with Crippen LogP contribution >= 0.6 is 0 Å². The van der Waals surface area contributed by atoms with Crippen molar-refractivity contribution in [2.24, 2.45) is 10.8 Å². The van der Waals surface area contributed by atoms with Gasteiger partial charge in [-0.2, -0.15) is 16.8 Å². The van der Waals surface area contributed by atoms with Crippen molar-refractivity contribution in [3.05, 3.63) is 11.5 Å². The largest absolute Gasteiger partial charge is 0.393 e. The Labute approximate surface area is 161 Å². The summed E-state index contributed by atoms with van der Waals surface area (Å²) in [5, 5.41) is 30.8. The average molecular weight is 380 g/mol. The third-order valence-corrected chi connectivity index (χ3v) is 4.84. The number of hydrogen-bond donors (Lipinski definition) is 4. The van der Waals surface area contributed by atoms with Gasteiger partial charge in [-0.25, -0.2) is 0 Å². The lowest BCUT2D eigenvalue weighted by atomic mass is 9.84. The van der Waals surface area contributed by atoms with Gasteiger partial charge in [0.05, 0.1) is 17.6 Å². The molecule has 0 aliphatic carbocycles. The summed E-state index contributed by atoms with van der Waals surface area (Å²) in [6, 6.07) is 0. The van der Waals surface area contributed by atoms with Crippen LogP contribution in [0.25, 0.3) is 4.95 Å². The molecule has 0 heterocycles. The molecule has 0 aromatic carbocycles. The molecule has 0 fully saturated rings. The molecule has 0 rings (SSSR count). The van der Waals surface area contributed by atoms with Gasteiger partial charge in [0.25, 0.3) is 5.91 Å². The predicted octanol–water partition coefficient (Wildman–Crippen LogP) is 2.04. The van der Waals surface area contributed by atoms with Crippen LogP contribution in [0.3, 0.4) is 0 Å². The molecule has 2 amide bonds. The second kappa shape index (κ2) is 11.5. The van der Waals surface area contributed by atoms with Gasteiger partial charge in [0.15, 0.2) is 6.19 Å². The van der Waals surface area contributed by atoms with Crippen LogP contribution in [-0.4, -0.2) is 34.2 Å². The normalized spacial score (nSPS) is 13.8. The molecular weight excluding hydrogens is 348 g/mol. The van der Waals surface area contributed by atoms with E-state index in [-0.39, 0.29) is 11.8 Å². The minimum Gasteiger partial charge on any atom is -0.393 e. The van der Waals surface area contributed by atoms with Gasteiger partial charge in [-0.05, 0) is 44.9 Å². The molecule has 0 saturated carbocycles. The second-order valence-electron chi connectivity index (χ2n) is 8.20. The van der Waals surface area contributed by atoms with E-state index in [2.05, 4.69) is 15.7 Å². The lowest BCUT2D eigenvalue weighted by molar-refractivity contribution is -0.129. The van der Waals surface area contributed by atoms with Crippen molar-refractivity contribution in [2.45, 2.75) is 84.8 Å². The molecule has 8 heteroatoms. The lowest BCUT2D eigenvalue weighted by Crippen LogP contribution is -2.34. The zero-order chi connectivity index (χ0) is 21.1. The third kappa shape index (κ3) is 9.93. The van der Waals surface area contributed by atoms with Crippen LogP contribution in [0.15, 0.2) is 0 Å². The highest BCUT2D eigenvalue weighted by molar-refractivity contribution is 5.83. The van der Waals surface area contributed by atoms with Crippen LogP contribution in [0.4, 0.5) is 0 Å². The van der Waals surface area contributed by atoms with E-state index in [0.29, 0.717) is 44.9 Å². The molecule has 2 atom stereocenters. The number of nitriles is 1. The first-order chi connectivity index (χ1) is 12.5. The van der Waals surface area contributed by atoms with Crippen molar-refractivity contribution < 1.29 is 19.8 Å². The van der Waals surface area contributed by atoms with Gasteiger partial charge in [-0.3, -0.25) is 14.9 Å². The highest BCUT2D eigenvalue weighted by atomic mass is 16.3. The maximum absolute atomic E-state index is 11.7. The minimum atomic E-state index is -0.728. The number of aliphatic hydroxyl groups is 2. The first-order valence-corrected chi connectivity index (χ1v) is 9.19. The van der Waals surface area contributed by atoms with Crippen molar-refractivity contribution in [3.63, 3.8) is 0 Å². The number of amides is 2. The SMILES string of the molecule is [C-]#[N+]NC(=O)C(C)(C)CCC(O)CCCC(O)CCC(C)(C)C(=O)NC#N. The number of carbonyl (C=O) groups excluding carboxylic acids is 2. The molecule has 0 aliphatic rings. The fourth-order valence-corrected chi connectivity index (χ4v) is 2.58. The Hall–Kier alpha value is -2.16. The molecule has 0 aromatic heterocycles. The first-order valence-electron chi connectivity index (χ1n) is 9.19. The number of aliphatic hydroxyl groups excluding tert-OH is 2. The summed E-state index contributed by atoms with van der Waals surface area (Å²) in [5.74, 6) is -0.722. The van der Waals surface area contributed by atoms with Gasteiger partial charge >= 0.3 is 0 Å².